The second kappa shape index (κ2) is 5.98. The van der Waals surface area contributed by atoms with E-state index in [4.69, 9.17) is 4.74 Å². The van der Waals surface area contributed by atoms with Crippen molar-refractivity contribution in [3.05, 3.63) is 24.0 Å². The van der Waals surface area contributed by atoms with Crippen LogP contribution in [0.4, 0.5) is 10.1 Å². The van der Waals surface area contributed by atoms with Gasteiger partial charge in [-0.15, -0.1) is 0 Å². The van der Waals surface area contributed by atoms with Crippen molar-refractivity contribution in [2.24, 2.45) is 0 Å². The lowest BCUT2D eigenvalue weighted by atomic mass is 10.3. The van der Waals surface area contributed by atoms with Gasteiger partial charge >= 0.3 is 0 Å². The van der Waals surface area contributed by atoms with E-state index in [9.17, 15) is 17.6 Å². The quantitative estimate of drug-likeness (QED) is 0.864. The summed E-state index contributed by atoms with van der Waals surface area (Å²) >= 11 is 0. The van der Waals surface area contributed by atoms with E-state index in [0.717, 1.165) is 16.6 Å². The van der Waals surface area contributed by atoms with Gasteiger partial charge in [-0.25, -0.2) is 12.8 Å². The van der Waals surface area contributed by atoms with Crippen LogP contribution in [0.25, 0.3) is 0 Å². The second-order valence-corrected chi connectivity index (χ2v) is 6.01. The van der Waals surface area contributed by atoms with E-state index >= 15 is 0 Å². The summed E-state index contributed by atoms with van der Waals surface area (Å²) in [6, 6.07) is 3.92. The molecule has 0 fully saturated rings. The van der Waals surface area contributed by atoms with Crippen LogP contribution in [-0.2, 0) is 14.8 Å². The molecule has 0 bridgehead atoms. The number of nitrogens with zero attached hydrogens (tertiary/aromatic N) is 1. The molecule has 0 radical (unpaired) electrons. The highest BCUT2D eigenvalue weighted by molar-refractivity contribution is 7.88. The number of rotatable bonds is 5. The molecule has 0 saturated carbocycles. The Kier molecular flexibility index (Phi) is 4.84. The smallest absolute Gasteiger partial charge is 0.239 e. The Labute approximate surface area is 111 Å². The summed E-state index contributed by atoms with van der Waals surface area (Å²) in [5.41, 5.74) is 0.227. The molecule has 0 saturated heterocycles. The lowest BCUT2D eigenvalue weighted by molar-refractivity contribution is -0.116. The number of anilines is 1. The molecule has 0 heterocycles. The molecule has 0 aliphatic rings. The largest absolute Gasteiger partial charge is 0.494 e. The summed E-state index contributed by atoms with van der Waals surface area (Å²) in [7, 11) is -0.818. The van der Waals surface area contributed by atoms with Crippen LogP contribution in [0.15, 0.2) is 18.2 Å². The number of ether oxygens (including phenoxy) is 1. The molecule has 0 unspecified atom stereocenters. The average molecular weight is 290 g/mol. The zero-order valence-electron chi connectivity index (χ0n) is 10.8. The number of hydrogen-bond acceptors (Lipinski definition) is 4. The van der Waals surface area contributed by atoms with Gasteiger partial charge in [0.15, 0.2) is 11.6 Å². The van der Waals surface area contributed by atoms with Crippen LogP contribution in [0, 0.1) is 5.82 Å². The minimum absolute atomic E-state index is 0.0613. The Bertz CT molecular complexity index is 574. The molecule has 1 aromatic rings. The van der Waals surface area contributed by atoms with Gasteiger partial charge in [-0.2, -0.15) is 4.31 Å². The van der Waals surface area contributed by atoms with Gasteiger partial charge in [0, 0.05) is 18.8 Å². The summed E-state index contributed by atoms with van der Waals surface area (Å²) in [5, 5.41) is 2.40. The summed E-state index contributed by atoms with van der Waals surface area (Å²) in [6.07, 6.45) is 0.993. The van der Waals surface area contributed by atoms with Crippen LogP contribution in [0.1, 0.15) is 0 Å². The van der Waals surface area contributed by atoms with Crippen LogP contribution >= 0.6 is 0 Å². The summed E-state index contributed by atoms with van der Waals surface area (Å²) in [6.45, 7) is -0.341. The van der Waals surface area contributed by atoms with Crippen LogP contribution in [0.5, 0.6) is 5.75 Å². The first kappa shape index (κ1) is 15.4. The Morgan fingerprint density at radius 1 is 1.47 bits per heavy atom. The van der Waals surface area contributed by atoms with E-state index in [1.165, 1.54) is 26.3 Å². The van der Waals surface area contributed by atoms with Gasteiger partial charge in [0.2, 0.25) is 15.9 Å². The lowest BCUT2D eigenvalue weighted by Gasteiger charge is -2.14. The fourth-order valence-electron chi connectivity index (χ4n) is 1.26. The number of sulfonamides is 1. The molecule has 1 rings (SSSR count). The highest BCUT2D eigenvalue weighted by atomic mass is 32.2. The first-order valence-corrected chi connectivity index (χ1v) is 7.13. The van der Waals surface area contributed by atoms with Gasteiger partial charge in [0.05, 0.1) is 19.9 Å². The number of methoxy groups -OCH3 is 1. The van der Waals surface area contributed by atoms with E-state index in [0.29, 0.717) is 0 Å². The van der Waals surface area contributed by atoms with Gasteiger partial charge in [0.25, 0.3) is 0 Å². The third kappa shape index (κ3) is 4.49. The third-order valence-corrected chi connectivity index (χ3v) is 3.63. The Balaban J connectivity index is 2.70. The number of benzene rings is 1. The molecule has 106 valence electrons. The molecule has 0 atom stereocenters. The zero-order chi connectivity index (χ0) is 14.6. The normalized spacial score (nSPS) is 11.4. The van der Waals surface area contributed by atoms with E-state index in [2.05, 4.69) is 5.32 Å². The van der Waals surface area contributed by atoms with Gasteiger partial charge in [-0.3, -0.25) is 4.79 Å². The Morgan fingerprint density at radius 2 is 2.11 bits per heavy atom. The van der Waals surface area contributed by atoms with Crippen molar-refractivity contribution in [3.8, 4) is 5.75 Å². The first-order valence-electron chi connectivity index (χ1n) is 5.28. The summed E-state index contributed by atoms with van der Waals surface area (Å²) < 4.78 is 41.3. The van der Waals surface area contributed by atoms with Crippen molar-refractivity contribution in [1.29, 1.82) is 0 Å². The molecule has 6 nitrogen and oxygen atoms in total. The Morgan fingerprint density at radius 3 is 2.58 bits per heavy atom. The van der Waals surface area contributed by atoms with Crippen LogP contribution < -0.4 is 10.1 Å². The highest BCUT2D eigenvalue weighted by Crippen LogP contribution is 2.20. The van der Waals surface area contributed by atoms with E-state index in [-0.39, 0.29) is 18.0 Å². The molecule has 1 amide bonds. The molecule has 0 aliphatic heterocycles. The Hall–Kier alpha value is -1.67. The molecule has 19 heavy (non-hydrogen) atoms. The number of carbonyl (C=O) groups is 1. The van der Waals surface area contributed by atoms with Crippen LogP contribution in [0.2, 0.25) is 0 Å². The number of likely N-dealkylation sites (N-methyl/N-ethyl adjacent to an activating group) is 1. The summed E-state index contributed by atoms with van der Waals surface area (Å²) in [4.78, 5) is 11.6. The van der Waals surface area contributed by atoms with Crippen molar-refractivity contribution in [1.82, 2.24) is 4.31 Å². The van der Waals surface area contributed by atoms with Gasteiger partial charge in [-0.1, -0.05) is 0 Å². The second-order valence-electron chi connectivity index (χ2n) is 3.92. The van der Waals surface area contributed by atoms with Crippen LogP contribution in [-0.4, -0.2) is 45.6 Å². The highest BCUT2D eigenvalue weighted by Gasteiger charge is 2.15. The first-order chi connectivity index (χ1) is 8.74. The minimum Gasteiger partial charge on any atom is -0.494 e. The molecule has 8 heteroatoms. The lowest BCUT2D eigenvalue weighted by Crippen LogP contribution is -2.34. The average Bonchev–Trinajstić information content (AvgIpc) is 2.27. The number of carbonyl (C=O) groups excluding carboxylic acids is 1. The predicted molar refractivity (Wildman–Crippen MR) is 69.1 cm³/mol. The fourth-order valence-corrected chi connectivity index (χ4v) is 1.62. The number of halogens is 1. The van der Waals surface area contributed by atoms with Crippen molar-refractivity contribution < 1.29 is 22.3 Å². The van der Waals surface area contributed by atoms with Crippen molar-refractivity contribution in [2.75, 3.05) is 32.3 Å². The molecule has 0 aliphatic carbocycles. The fraction of sp³-hybridized carbons (Fsp3) is 0.364. The van der Waals surface area contributed by atoms with E-state index in [1.807, 2.05) is 0 Å². The zero-order valence-corrected chi connectivity index (χ0v) is 11.6. The molecule has 1 aromatic carbocycles. The van der Waals surface area contributed by atoms with Crippen LogP contribution in [0.3, 0.4) is 0 Å². The van der Waals surface area contributed by atoms with E-state index < -0.39 is 21.7 Å². The molecular weight excluding hydrogens is 275 g/mol. The van der Waals surface area contributed by atoms with Gasteiger partial charge < -0.3 is 10.1 Å². The number of amides is 1. The maximum absolute atomic E-state index is 13.4. The molecule has 1 N–H and O–H groups in total. The SMILES string of the molecule is COc1ccc(NC(=O)CN(C)S(C)(=O)=O)cc1F. The van der Waals surface area contributed by atoms with Crippen molar-refractivity contribution >= 4 is 21.6 Å². The number of hydrogen-bond donors (Lipinski definition) is 1. The topological polar surface area (TPSA) is 75.7 Å². The maximum Gasteiger partial charge on any atom is 0.239 e. The third-order valence-electron chi connectivity index (χ3n) is 2.37. The maximum atomic E-state index is 13.4. The predicted octanol–water partition coefficient (Wildman–Crippen LogP) is 0.664. The monoisotopic (exact) mass is 290 g/mol. The van der Waals surface area contributed by atoms with E-state index in [1.54, 1.807) is 0 Å². The number of nitrogens with one attached hydrogen (secondary N) is 1. The van der Waals surface area contributed by atoms with Gasteiger partial charge in [-0.05, 0) is 12.1 Å². The molecule has 0 spiro atoms. The van der Waals surface area contributed by atoms with Gasteiger partial charge in [0.1, 0.15) is 0 Å². The molecule has 0 aromatic heterocycles. The molecular formula is C11H15FN2O4S. The minimum atomic E-state index is -3.43. The standard InChI is InChI=1S/C11H15FN2O4S/c1-14(19(3,16)17)7-11(15)13-8-4-5-10(18-2)9(12)6-8/h4-6H,7H2,1-3H3,(H,13,15). The van der Waals surface area contributed by atoms with Crippen molar-refractivity contribution in [3.63, 3.8) is 0 Å². The summed E-state index contributed by atoms with van der Waals surface area (Å²) in [5.74, 6) is -1.11. The van der Waals surface area contributed by atoms with Crippen molar-refractivity contribution in [2.45, 2.75) is 0 Å².